The number of rotatable bonds is 4. The van der Waals surface area contributed by atoms with Gasteiger partial charge in [0.1, 0.15) is 11.6 Å². The number of ether oxygens (including phenoxy) is 1. The quantitative estimate of drug-likeness (QED) is 0.910. The van der Waals surface area contributed by atoms with E-state index >= 15 is 0 Å². The van der Waals surface area contributed by atoms with Gasteiger partial charge in [0.25, 0.3) is 5.91 Å². The van der Waals surface area contributed by atoms with Crippen molar-refractivity contribution in [3.8, 4) is 5.75 Å². The number of aryl methyl sites for hydroxylation is 2. The van der Waals surface area contributed by atoms with E-state index in [1.165, 1.54) is 0 Å². The van der Waals surface area contributed by atoms with Gasteiger partial charge in [-0.1, -0.05) is 11.6 Å². The Hall–Kier alpha value is -2.01. The SMILES string of the molecule is Cc1cc(Cl)ccc1OC(C)C(=O)Nc1[nH]ncc1C. The molecule has 0 saturated heterocycles. The highest BCUT2D eigenvalue weighted by molar-refractivity contribution is 6.30. The zero-order chi connectivity index (χ0) is 14.7. The predicted octanol–water partition coefficient (Wildman–Crippen LogP) is 3.09. The molecule has 1 aromatic carbocycles. The second kappa shape index (κ2) is 5.96. The van der Waals surface area contributed by atoms with Crippen LogP contribution in [-0.4, -0.2) is 22.2 Å². The van der Waals surface area contributed by atoms with Gasteiger partial charge in [-0.3, -0.25) is 9.89 Å². The second-order valence-corrected chi connectivity index (χ2v) is 5.02. The molecule has 0 fully saturated rings. The third kappa shape index (κ3) is 3.30. The van der Waals surface area contributed by atoms with Gasteiger partial charge in [-0.15, -0.1) is 0 Å². The number of nitrogens with zero attached hydrogens (tertiary/aromatic N) is 1. The topological polar surface area (TPSA) is 67.0 Å². The number of carbonyl (C=O) groups excluding carboxylic acids is 1. The number of hydrogen-bond acceptors (Lipinski definition) is 3. The van der Waals surface area contributed by atoms with Crippen LogP contribution in [0.15, 0.2) is 24.4 Å². The molecule has 0 saturated carbocycles. The van der Waals surface area contributed by atoms with Gasteiger partial charge in [-0.25, -0.2) is 0 Å². The number of halogens is 1. The van der Waals surface area contributed by atoms with Crippen LogP contribution < -0.4 is 10.1 Å². The number of hydrogen-bond donors (Lipinski definition) is 2. The number of nitrogens with one attached hydrogen (secondary N) is 2. The van der Waals surface area contributed by atoms with Crippen molar-refractivity contribution in [1.29, 1.82) is 0 Å². The molecule has 2 rings (SSSR count). The molecule has 0 radical (unpaired) electrons. The molecule has 5 nitrogen and oxygen atoms in total. The van der Waals surface area contributed by atoms with Gasteiger partial charge in [0.05, 0.1) is 6.20 Å². The van der Waals surface area contributed by atoms with E-state index in [-0.39, 0.29) is 5.91 Å². The van der Waals surface area contributed by atoms with Gasteiger partial charge < -0.3 is 10.1 Å². The molecule has 1 aromatic heterocycles. The molecule has 0 aliphatic carbocycles. The Bertz CT molecular complexity index is 625. The summed E-state index contributed by atoms with van der Waals surface area (Å²) in [7, 11) is 0. The normalized spacial score (nSPS) is 12.0. The first-order valence-corrected chi connectivity index (χ1v) is 6.59. The van der Waals surface area contributed by atoms with Crippen molar-refractivity contribution >= 4 is 23.3 Å². The first kappa shape index (κ1) is 14.4. The Balaban J connectivity index is 2.02. The summed E-state index contributed by atoms with van der Waals surface area (Å²) in [6.07, 6.45) is 1.02. The summed E-state index contributed by atoms with van der Waals surface area (Å²) in [5.74, 6) is 0.975. The Labute approximate surface area is 122 Å². The lowest BCUT2D eigenvalue weighted by molar-refractivity contribution is -0.122. The minimum atomic E-state index is -0.627. The zero-order valence-electron chi connectivity index (χ0n) is 11.5. The van der Waals surface area contributed by atoms with Crippen LogP contribution in [-0.2, 0) is 4.79 Å². The number of carbonyl (C=O) groups is 1. The molecular weight excluding hydrogens is 278 g/mol. The molecular formula is C14H16ClN3O2. The third-order valence-corrected chi connectivity index (χ3v) is 3.12. The maximum atomic E-state index is 12.0. The van der Waals surface area contributed by atoms with Crippen LogP contribution in [0.2, 0.25) is 5.02 Å². The number of amides is 1. The lowest BCUT2D eigenvalue weighted by Gasteiger charge is -2.16. The van der Waals surface area contributed by atoms with Gasteiger partial charge in [0, 0.05) is 10.6 Å². The first-order chi connectivity index (χ1) is 9.47. The number of H-pyrrole nitrogens is 1. The van der Waals surface area contributed by atoms with Crippen molar-refractivity contribution in [3.63, 3.8) is 0 Å². The maximum Gasteiger partial charge on any atom is 0.266 e. The lowest BCUT2D eigenvalue weighted by atomic mass is 10.2. The molecule has 0 aliphatic rings. The highest BCUT2D eigenvalue weighted by atomic mass is 35.5. The summed E-state index contributed by atoms with van der Waals surface area (Å²) in [6.45, 7) is 5.42. The molecule has 0 aliphatic heterocycles. The fourth-order valence-electron chi connectivity index (χ4n) is 1.69. The summed E-state index contributed by atoms with van der Waals surface area (Å²) >= 11 is 5.88. The highest BCUT2D eigenvalue weighted by Gasteiger charge is 2.17. The Morgan fingerprint density at radius 3 is 2.75 bits per heavy atom. The van der Waals surface area contributed by atoms with Crippen LogP contribution >= 0.6 is 11.6 Å². The van der Waals surface area contributed by atoms with Gasteiger partial charge >= 0.3 is 0 Å². The fraction of sp³-hybridized carbons (Fsp3) is 0.286. The van der Waals surface area contributed by atoms with Crippen molar-refractivity contribution in [2.45, 2.75) is 26.9 Å². The Kier molecular flexibility index (Phi) is 4.29. The van der Waals surface area contributed by atoms with Crippen LogP contribution in [0.1, 0.15) is 18.1 Å². The van der Waals surface area contributed by atoms with Crippen LogP contribution in [0, 0.1) is 13.8 Å². The van der Waals surface area contributed by atoms with Crippen molar-refractivity contribution < 1.29 is 9.53 Å². The maximum absolute atomic E-state index is 12.0. The highest BCUT2D eigenvalue weighted by Crippen LogP contribution is 2.23. The van der Waals surface area contributed by atoms with Crippen LogP contribution in [0.25, 0.3) is 0 Å². The smallest absolute Gasteiger partial charge is 0.266 e. The zero-order valence-corrected chi connectivity index (χ0v) is 12.3. The number of anilines is 1. The van der Waals surface area contributed by atoms with Crippen molar-refractivity contribution in [2.75, 3.05) is 5.32 Å². The van der Waals surface area contributed by atoms with E-state index in [2.05, 4.69) is 15.5 Å². The number of benzene rings is 1. The van der Waals surface area contributed by atoms with Crippen LogP contribution in [0.5, 0.6) is 5.75 Å². The minimum absolute atomic E-state index is 0.244. The van der Waals surface area contributed by atoms with E-state index in [4.69, 9.17) is 16.3 Å². The van der Waals surface area contributed by atoms with E-state index < -0.39 is 6.10 Å². The summed E-state index contributed by atoms with van der Waals surface area (Å²) in [5, 5.41) is 9.94. The van der Waals surface area contributed by atoms with E-state index in [9.17, 15) is 4.79 Å². The molecule has 2 aromatic rings. The molecule has 1 atom stereocenters. The predicted molar refractivity (Wildman–Crippen MR) is 78.2 cm³/mol. The Morgan fingerprint density at radius 1 is 1.40 bits per heavy atom. The average Bonchev–Trinajstić information content (AvgIpc) is 2.78. The second-order valence-electron chi connectivity index (χ2n) is 4.59. The van der Waals surface area contributed by atoms with Crippen LogP contribution in [0.3, 0.4) is 0 Å². The molecule has 106 valence electrons. The lowest BCUT2D eigenvalue weighted by Crippen LogP contribution is -2.30. The molecule has 20 heavy (non-hydrogen) atoms. The van der Waals surface area contributed by atoms with Crippen LogP contribution in [0.4, 0.5) is 5.82 Å². The number of aromatic nitrogens is 2. The van der Waals surface area contributed by atoms with Gasteiger partial charge in [-0.2, -0.15) is 5.10 Å². The van der Waals surface area contributed by atoms with E-state index in [1.54, 1.807) is 31.3 Å². The molecule has 0 spiro atoms. The summed E-state index contributed by atoms with van der Waals surface area (Å²) in [4.78, 5) is 12.0. The summed E-state index contributed by atoms with van der Waals surface area (Å²) in [5.41, 5.74) is 1.75. The van der Waals surface area contributed by atoms with Crippen molar-refractivity contribution in [1.82, 2.24) is 10.2 Å². The van der Waals surface area contributed by atoms with Gasteiger partial charge in [-0.05, 0) is 44.5 Å². The molecule has 1 amide bonds. The molecule has 1 unspecified atom stereocenters. The van der Waals surface area contributed by atoms with E-state index in [0.29, 0.717) is 16.6 Å². The van der Waals surface area contributed by atoms with E-state index in [1.807, 2.05) is 13.8 Å². The van der Waals surface area contributed by atoms with Gasteiger partial charge in [0.15, 0.2) is 6.10 Å². The van der Waals surface area contributed by atoms with Crippen molar-refractivity contribution in [2.24, 2.45) is 0 Å². The Morgan fingerprint density at radius 2 is 2.15 bits per heavy atom. The summed E-state index contributed by atoms with van der Waals surface area (Å²) < 4.78 is 5.65. The molecule has 0 bridgehead atoms. The third-order valence-electron chi connectivity index (χ3n) is 2.89. The fourth-order valence-corrected chi connectivity index (χ4v) is 1.91. The largest absolute Gasteiger partial charge is 0.481 e. The molecule has 1 heterocycles. The van der Waals surface area contributed by atoms with Crippen molar-refractivity contribution in [3.05, 3.63) is 40.5 Å². The average molecular weight is 294 g/mol. The van der Waals surface area contributed by atoms with E-state index in [0.717, 1.165) is 11.1 Å². The van der Waals surface area contributed by atoms with Gasteiger partial charge in [0.2, 0.25) is 0 Å². The standard InChI is InChI=1S/C14H16ClN3O2/c1-8-6-11(15)4-5-12(8)20-10(3)14(19)17-13-9(2)7-16-18-13/h4-7,10H,1-3H3,(H2,16,17,18,19). The monoisotopic (exact) mass is 293 g/mol. The number of aromatic amines is 1. The molecule has 2 N–H and O–H groups in total. The molecule has 6 heteroatoms. The summed E-state index contributed by atoms with van der Waals surface area (Å²) in [6, 6.07) is 5.27. The first-order valence-electron chi connectivity index (χ1n) is 6.21. The minimum Gasteiger partial charge on any atom is -0.481 e.